The summed E-state index contributed by atoms with van der Waals surface area (Å²) in [5, 5.41) is 5.93. The highest BCUT2D eigenvalue weighted by molar-refractivity contribution is 6.07. The van der Waals surface area contributed by atoms with Gasteiger partial charge in [-0.2, -0.15) is 0 Å². The van der Waals surface area contributed by atoms with Gasteiger partial charge in [-0.25, -0.2) is 0 Å². The number of carbonyl (C=O) groups is 2. The Balaban J connectivity index is 1.61. The van der Waals surface area contributed by atoms with Gasteiger partial charge < -0.3 is 15.4 Å². The molecule has 0 saturated carbocycles. The fraction of sp³-hybridized carbons (Fsp3) is 0.263. The molecule has 0 bridgehead atoms. The number of hydrogen-bond acceptors (Lipinski definition) is 3. The van der Waals surface area contributed by atoms with E-state index in [4.69, 9.17) is 4.74 Å². The lowest BCUT2D eigenvalue weighted by molar-refractivity contribution is -0.119. The summed E-state index contributed by atoms with van der Waals surface area (Å²) in [5.41, 5.74) is 3.28. The Labute approximate surface area is 140 Å². The fourth-order valence-electron chi connectivity index (χ4n) is 3.35. The predicted octanol–water partition coefficient (Wildman–Crippen LogP) is 2.82. The normalized spacial score (nSPS) is 18.7. The van der Waals surface area contributed by atoms with Gasteiger partial charge in [-0.3, -0.25) is 9.59 Å². The molecule has 4 rings (SSSR count). The quantitative estimate of drug-likeness (QED) is 0.913. The van der Waals surface area contributed by atoms with Crippen LogP contribution in [0.15, 0.2) is 42.5 Å². The second kappa shape index (κ2) is 6.00. The van der Waals surface area contributed by atoms with E-state index in [0.717, 1.165) is 29.7 Å². The number of nitrogens with one attached hydrogen (secondary N) is 2. The van der Waals surface area contributed by atoms with E-state index in [9.17, 15) is 9.59 Å². The van der Waals surface area contributed by atoms with E-state index in [-0.39, 0.29) is 17.9 Å². The van der Waals surface area contributed by atoms with Crippen LogP contribution in [0.2, 0.25) is 0 Å². The smallest absolute Gasteiger partial charge is 0.259 e. The van der Waals surface area contributed by atoms with E-state index < -0.39 is 0 Å². The third-order valence-corrected chi connectivity index (χ3v) is 4.54. The van der Waals surface area contributed by atoms with Crippen molar-refractivity contribution in [3.05, 3.63) is 59.2 Å². The van der Waals surface area contributed by atoms with E-state index in [1.807, 2.05) is 36.4 Å². The molecule has 0 spiro atoms. The highest BCUT2D eigenvalue weighted by Gasteiger charge is 2.26. The summed E-state index contributed by atoms with van der Waals surface area (Å²) >= 11 is 0. The van der Waals surface area contributed by atoms with Crippen LogP contribution in [0.4, 0.5) is 5.69 Å². The van der Waals surface area contributed by atoms with Crippen LogP contribution in [0, 0.1) is 0 Å². The van der Waals surface area contributed by atoms with Crippen molar-refractivity contribution in [2.24, 2.45) is 0 Å². The summed E-state index contributed by atoms with van der Waals surface area (Å²) in [6.45, 7) is 0.615. The first-order valence-corrected chi connectivity index (χ1v) is 8.17. The SMILES string of the molecule is O=C1CC[C@@H](c2ccccc2NC(=O)c2cccc3c2OCC3)N1. The third-order valence-electron chi connectivity index (χ3n) is 4.54. The molecular formula is C19H18N2O3. The minimum absolute atomic E-state index is 0.0493. The van der Waals surface area contributed by atoms with Crippen LogP contribution in [0.25, 0.3) is 0 Å². The third kappa shape index (κ3) is 2.62. The number of para-hydroxylation sites is 2. The number of ether oxygens (including phenoxy) is 1. The monoisotopic (exact) mass is 322 g/mol. The number of fused-ring (bicyclic) bond motifs is 1. The Morgan fingerprint density at radius 3 is 2.83 bits per heavy atom. The number of amides is 2. The summed E-state index contributed by atoms with van der Waals surface area (Å²) in [6, 6.07) is 13.2. The molecule has 24 heavy (non-hydrogen) atoms. The largest absolute Gasteiger partial charge is 0.492 e. The summed E-state index contributed by atoms with van der Waals surface area (Å²) in [6.07, 6.45) is 2.10. The van der Waals surface area contributed by atoms with Crippen molar-refractivity contribution < 1.29 is 14.3 Å². The lowest BCUT2D eigenvalue weighted by atomic mass is 10.0. The van der Waals surface area contributed by atoms with Gasteiger partial charge in [0, 0.05) is 18.5 Å². The molecule has 2 aromatic rings. The van der Waals surface area contributed by atoms with Gasteiger partial charge in [0.15, 0.2) is 0 Å². The molecular weight excluding hydrogens is 304 g/mol. The zero-order valence-electron chi connectivity index (χ0n) is 13.2. The molecule has 122 valence electrons. The maximum Gasteiger partial charge on any atom is 0.259 e. The van der Waals surface area contributed by atoms with Crippen LogP contribution in [0.3, 0.4) is 0 Å². The van der Waals surface area contributed by atoms with Gasteiger partial charge >= 0.3 is 0 Å². The maximum absolute atomic E-state index is 12.7. The Morgan fingerprint density at radius 1 is 1.12 bits per heavy atom. The Kier molecular flexibility index (Phi) is 3.69. The molecule has 0 radical (unpaired) electrons. The molecule has 2 amide bonds. The zero-order valence-corrected chi connectivity index (χ0v) is 13.2. The van der Waals surface area contributed by atoms with E-state index in [0.29, 0.717) is 24.3 Å². The van der Waals surface area contributed by atoms with Crippen LogP contribution >= 0.6 is 0 Å². The average Bonchev–Trinajstić information content (AvgIpc) is 3.23. The summed E-state index contributed by atoms with van der Waals surface area (Å²) < 4.78 is 5.61. The van der Waals surface area contributed by atoms with Crippen LogP contribution < -0.4 is 15.4 Å². The molecule has 1 saturated heterocycles. The van der Waals surface area contributed by atoms with Crippen LogP contribution in [0.5, 0.6) is 5.75 Å². The Hall–Kier alpha value is -2.82. The van der Waals surface area contributed by atoms with Gasteiger partial charge in [0.25, 0.3) is 5.91 Å². The second-order valence-corrected chi connectivity index (χ2v) is 6.09. The summed E-state index contributed by atoms with van der Waals surface area (Å²) in [5.74, 6) is 0.544. The van der Waals surface area contributed by atoms with Crippen LogP contribution in [0.1, 0.15) is 40.4 Å². The molecule has 2 N–H and O–H groups in total. The van der Waals surface area contributed by atoms with Crippen molar-refractivity contribution >= 4 is 17.5 Å². The Bertz CT molecular complexity index is 816. The molecule has 2 aliphatic heterocycles. The molecule has 5 nitrogen and oxygen atoms in total. The lowest BCUT2D eigenvalue weighted by Crippen LogP contribution is -2.21. The maximum atomic E-state index is 12.7. The van der Waals surface area contributed by atoms with Crippen LogP contribution in [-0.4, -0.2) is 18.4 Å². The summed E-state index contributed by atoms with van der Waals surface area (Å²) in [7, 11) is 0. The number of benzene rings is 2. The first-order valence-electron chi connectivity index (χ1n) is 8.17. The molecule has 0 aliphatic carbocycles. The van der Waals surface area contributed by atoms with Gasteiger partial charge in [0.2, 0.25) is 5.91 Å². The standard InChI is InChI=1S/C19H18N2O3/c22-17-9-8-16(20-17)13-5-1-2-7-15(13)21-19(23)14-6-3-4-12-10-11-24-18(12)14/h1-7,16H,8-11H2,(H,20,22)(H,21,23)/t16-/m0/s1. The number of hydrogen-bond donors (Lipinski definition) is 2. The predicted molar refractivity (Wildman–Crippen MR) is 90.2 cm³/mol. The zero-order chi connectivity index (χ0) is 16.5. The van der Waals surface area contributed by atoms with E-state index in [1.165, 1.54) is 0 Å². The summed E-state index contributed by atoms with van der Waals surface area (Å²) in [4.78, 5) is 24.2. The van der Waals surface area contributed by atoms with E-state index in [1.54, 1.807) is 6.07 Å². The average molecular weight is 322 g/mol. The molecule has 2 heterocycles. The van der Waals surface area contributed by atoms with Gasteiger partial charge in [-0.1, -0.05) is 30.3 Å². The molecule has 1 atom stereocenters. The molecule has 1 fully saturated rings. The van der Waals surface area contributed by atoms with Crippen molar-refractivity contribution in [2.45, 2.75) is 25.3 Å². The fourth-order valence-corrected chi connectivity index (χ4v) is 3.35. The van der Waals surface area contributed by atoms with Crippen LogP contribution in [-0.2, 0) is 11.2 Å². The van der Waals surface area contributed by atoms with Crippen molar-refractivity contribution in [3.8, 4) is 5.75 Å². The van der Waals surface area contributed by atoms with Crippen molar-refractivity contribution in [3.63, 3.8) is 0 Å². The van der Waals surface area contributed by atoms with Crippen molar-refractivity contribution in [2.75, 3.05) is 11.9 Å². The number of rotatable bonds is 3. The highest BCUT2D eigenvalue weighted by atomic mass is 16.5. The van der Waals surface area contributed by atoms with Gasteiger partial charge in [0.05, 0.1) is 18.2 Å². The number of carbonyl (C=O) groups excluding carboxylic acids is 2. The molecule has 2 aromatic carbocycles. The molecule has 2 aliphatic rings. The van der Waals surface area contributed by atoms with Crippen molar-refractivity contribution in [1.82, 2.24) is 5.32 Å². The highest BCUT2D eigenvalue weighted by Crippen LogP contribution is 2.32. The van der Waals surface area contributed by atoms with Crippen molar-refractivity contribution in [1.29, 1.82) is 0 Å². The molecule has 0 unspecified atom stereocenters. The second-order valence-electron chi connectivity index (χ2n) is 6.09. The lowest BCUT2D eigenvalue weighted by Gasteiger charge is -2.17. The van der Waals surface area contributed by atoms with E-state index in [2.05, 4.69) is 10.6 Å². The topological polar surface area (TPSA) is 67.4 Å². The first kappa shape index (κ1) is 14.8. The molecule has 5 heteroatoms. The van der Waals surface area contributed by atoms with E-state index >= 15 is 0 Å². The first-order chi connectivity index (χ1) is 11.7. The number of anilines is 1. The Morgan fingerprint density at radius 2 is 2.00 bits per heavy atom. The van der Waals surface area contributed by atoms with Gasteiger partial charge in [0.1, 0.15) is 5.75 Å². The molecule has 0 aromatic heterocycles. The minimum Gasteiger partial charge on any atom is -0.492 e. The minimum atomic E-state index is -0.189. The van der Waals surface area contributed by atoms with Gasteiger partial charge in [-0.15, -0.1) is 0 Å². The van der Waals surface area contributed by atoms with Gasteiger partial charge in [-0.05, 0) is 29.7 Å².